The third-order valence-electron chi connectivity index (χ3n) is 2.96. The van der Waals surface area contributed by atoms with Crippen molar-refractivity contribution in [2.45, 2.75) is 26.4 Å². The van der Waals surface area contributed by atoms with Gasteiger partial charge in [0.2, 0.25) is 0 Å². The molecule has 0 radical (unpaired) electrons. The van der Waals surface area contributed by atoms with Gasteiger partial charge in [-0.1, -0.05) is 13.8 Å². The van der Waals surface area contributed by atoms with Crippen LogP contribution in [0.4, 0.5) is 5.69 Å². The van der Waals surface area contributed by atoms with Gasteiger partial charge in [0.25, 0.3) is 11.2 Å². The van der Waals surface area contributed by atoms with E-state index >= 15 is 0 Å². The molecule has 2 N–H and O–H groups in total. The summed E-state index contributed by atoms with van der Waals surface area (Å²) in [6.07, 6.45) is 0. The van der Waals surface area contributed by atoms with Crippen molar-refractivity contribution in [1.82, 2.24) is 15.5 Å². The highest BCUT2D eigenvalue weighted by Crippen LogP contribution is 2.20. The maximum Gasteiger partial charge on any atom is 0.269 e. The topological polar surface area (TPSA) is 101 Å². The Balaban J connectivity index is 2.29. The van der Waals surface area contributed by atoms with Gasteiger partial charge in [0.15, 0.2) is 0 Å². The van der Waals surface area contributed by atoms with E-state index in [9.17, 15) is 14.9 Å². The van der Waals surface area contributed by atoms with Gasteiger partial charge >= 0.3 is 0 Å². The number of aromatic amines is 1. The maximum absolute atomic E-state index is 11.7. The van der Waals surface area contributed by atoms with E-state index in [4.69, 9.17) is 0 Å². The Hall–Kier alpha value is -2.54. The second-order valence-corrected chi connectivity index (χ2v) is 4.95. The summed E-state index contributed by atoms with van der Waals surface area (Å²) in [6.45, 7) is 4.43. The molecule has 21 heavy (non-hydrogen) atoms. The molecule has 0 saturated carbocycles. The minimum Gasteiger partial charge on any atom is -0.310 e. The van der Waals surface area contributed by atoms with Crippen molar-refractivity contribution < 1.29 is 4.92 Å². The highest BCUT2D eigenvalue weighted by molar-refractivity contribution is 5.60. The van der Waals surface area contributed by atoms with Crippen molar-refractivity contribution in [3.05, 3.63) is 56.4 Å². The van der Waals surface area contributed by atoms with Crippen molar-refractivity contribution >= 4 is 5.69 Å². The SMILES string of the molecule is CC(C)NCc1cc(-c2ccc([N+](=O)[O-])cc2)n[nH]c1=O. The van der Waals surface area contributed by atoms with Crippen molar-refractivity contribution in [3.63, 3.8) is 0 Å². The average Bonchev–Trinajstić information content (AvgIpc) is 2.46. The van der Waals surface area contributed by atoms with Gasteiger partial charge in [-0.05, 0) is 18.2 Å². The summed E-state index contributed by atoms with van der Waals surface area (Å²) in [7, 11) is 0. The number of nitro groups is 1. The summed E-state index contributed by atoms with van der Waals surface area (Å²) in [5.74, 6) is 0. The molecule has 0 fully saturated rings. The predicted molar refractivity (Wildman–Crippen MR) is 78.9 cm³/mol. The number of hydrogen-bond donors (Lipinski definition) is 2. The van der Waals surface area contributed by atoms with Crippen molar-refractivity contribution in [1.29, 1.82) is 0 Å². The molecule has 0 amide bonds. The third kappa shape index (κ3) is 3.73. The first-order chi connectivity index (χ1) is 9.97. The van der Waals surface area contributed by atoms with Crippen molar-refractivity contribution in [2.75, 3.05) is 0 Å². The van der Waals surface area contributed by atoms with E-state index in [0.29, 0.717) is 23.4 Å². The van der Waals surface area contributed by atoms with Gasteiger partial charge in [-0.15, -0.1) is 0 Å². The van der Waals surface area contributed by atoms with E-state index in [1.807, 2.05) is 13.8 Å². The van der Waals surface area contributed by atoms with Gasteiger partial charge in [-0.25, -0.2) is 5.10 Å². The molecular formula is C14H16N4O3. The molecule has 2 aromatic rings. The quantitative estimate of drug-likeness (QED) is 0.645. The van der Waals surface area contributed by atoms with Crippen LogP contribution in [0.1, 0.15) is 19.4 Å². The highest BCUT2D eigenvalue weighted by Gasteiger charge is 2.08. The Morgan fingerprint density at radius 2 is 2.00 bits per heavy atom. The average molecular weight is 288 g/mol. The lowest BCUT2D eigenvalue weighted by atomic mass is 10.1. The van der Waals surface area contributed by atoms with Crippen LogP contribution in [0.25, 0.3) is 11.3 Å². The van der Waals surface area contributed by atoms with Crippen LogP contribution in [0.5, 0.6) is 0 Å². The Kier molecular flexibility index (Phi) is 4.44. The molecule has 0 aliphatic rings. The predicted octanol–water partition coefficient (Wildman–Crippen LogP) is 1.84. The third-order valence-corrected chi connectivity index (χ3v) is 2.96. The number of non-ortho nitro benzene ring substituents is 1. The summed E-state index contributed by atoms with van der Waals surface area (Å²) >= 11 is 0. The van der Waals surface area contributed by atoms with Gasteiger partial charge in [-0.2, -0.15) is 5.10 Å². The minimum absolute atomic E-state index is 0.0184. The number of aromatic nitrogens is 2. The smallest absolute Gasteiger partial charge is 0.269 e. The van der Waals surface area contributed by atoms with Crippen LogP contribution >= 0.6 is 0 Å². The number of rotatable bonds is 5. The number of hydrogen-bond acceptors (Lipinski definition) is 5. The maximum atomic E-state index is 11.7. The second kappa shape index (κ2) is 6.27. The normalized spacial score (nSPS) is 10.8. The molecule has 1 heterocycles. The Bertz CT molecular complexity index is 692. The fourth-order valence-electron chi connectivity index (χ4n) is 1.79. The van der Waals surface area contributed by atoms with E-state index in [1.165, 1.54) is 12.1 Å². The zero-order valence-corrected chi connectivity index (χ0v) is 11.8. The van der Waals surface area contributed by atoms with Gasteiger partial charge in [-0.3, -0.25) is 14.9 Å². The molecule has 0 aliphatic heterocycles. The molecule has 1 aromatic heterocycles. The first kappa shape index (κ1) is 14.9. The van der Waals surface area contributed by atoms with Gasteiger partial charge < -0.3 is 5.32 Å². The summed E-state index contributed by atoms with van der Waals surface area (Å²) in [5, 5.41) is 20.2. The lowest BCUT2D eigenvalue weighted by Gasteiger charge is -2.08. The van der Waals surface area contributed by atoms with E-state index < -0.39 is 4.92 Å². The van der Waals surface area contributed by atoms with E-state index in [0.717, 1.165) is 0 Å². The number of nitro benzene ring substituents is 1. The zero-order chi connectivity index (χ0) is 15.4. The lowest BCUT2D eigenvalue weighted by Crippen LogP contribution is -2.26. The van der Waals surface area contributed by atoms with Gasteiger partial charge in [0, 0.05) is 35.8 Å². The molecule has 1 aromatic carbocycles. The molecule has 0 aliphatic carbocycles. The second-order valence-electron chi connectivity index (χ2n) is 4.95. The summed E-state index contributed by atoms with van der Waals surface area (Å²) in [6, 6.07) is 7.99. The zero-order valence-electron chi connectivity index (χ0n) is 11.8. The van der Waals surface area contributed by atoms with Crippen LogP contribution in [0.2, 0.25) is 0 Å². The number of benzene rings is 1. The Labute approximate surface area is 121 Å². The van der Waals surface area contributed by atoms with Crippen LogP contribution in [0.15, 0.2) is 35.1 Å². The first-order valence-corrected chi connectivity index (χ1v) is 6.54. The molecule has 7 nitrogen and oxygen atoms in total. The van der Waals surface area contributed by atoms with Crippen LogP contribution in [0.3, 0.4) is 0 Å². The highest BCUT2D eigenvalue weighted by atomic mass is 16.6. The number of nitrogens with one attached hydrogen (secondary N) is 2. The van der Waals surface area contributed by atoms with Crippen molar-refractivity contribution in [2.24, 2.45) is 0 Å². The summed E-state index contributed by atoms with van der Waals surface area (Å²) in [5.41, 5.74) is 1.64. The molecule has 0 spiro atoms. The lowest BCUT2D eigenvalue weighted by molar-refractivity contribution is -0.384. The fraction of sp³-hybridized carbons (Fsp3) is 0.286. The van der Waals surface area contributed by atoms with Gasteiger partial charge in [0.1, 0.15) is 0 Å². The van der Waals surface area contributed by atoms with E-state index in [2.05, 4.69) is 15.5 Å². The van der Waals surface area contributed by atoms with Crippen molar-refractivity contribution in [3.8, 4) is 11.3 Å². The Morgan fingerprint density at radius 3 is 2.57 bits per heavy atom. The Morgan fingerprint density at radius 1 is 1.33 bits per heavy atom. The molecule has 110 valence electrons. The molecule has 7 heteroatoms. The van der Waals surface area contributed by atoms with Crippen LogP contribution in [-0.2, 0) is 6.54 Å². The van der Waals surface area contributed by atoms with E-state index in [1.54, 1.807) is 18.2 Å². The molecular weight excluding hydrogens is 272 g/mol. The molecule has 0 atom stereocenters. The molecule has 0 saturated heterocycles. The largest absolute Gasteiger partial charge is 0.310 e. The standard InChI is InChI=1S/C14H16N4O3/c1-9(2)15-8-11-7-13(16-17-14(11)19)10-3-5-12(6-4-10)18(20)21/h3-7,9,15H,8H2,1-2H3,(H,17,19). The molecule has 0 unspecified atom stereocenters. The first-order valence-electron chi connectivity index (χ1n) is 6.54. The van der Waals surface area contributed by atoms with Crippen LogP contribution in [-0.4, -0.2) is 21.2 Å². The molecule has 0 bridgehead atoms. The fourth-order valence-corrected chi connectivity index (χ4v) is 1.79. The minimum atomic E-state index is -0.456. The summed E-state index contributed by atoms with van der Waals surface area (Å²) < 4.78 is 0. The monoisotopic (exact) mass is 288 g/mol. The number of H-pyrrole nitrogens is 1. The van der Waals surface area contributed by atoms with Crippen LogP contribution in [0, 0.1) is 10.1 Å². The van der Waals surface area contributed by atoms with E-state index in [-0.39, 0.29) is 17.3 Å². The molecule has 2 rings (SSSR count). The van der Waals surface area contributed by atoms with Gasteiger partial charge in [0.05, 0.1) is 10.6 Å². The number of nitrogens with zero attached hydrogens (tertiary/aromatic N) is 2. The van der Waals surface area contributed by atoms with Crippen LogP contribution < -0.4 is 10.9 Å². The summed E-state index contributed by atoms with van der Waals surface area (Å²) in [4.78, 5) is 21.9.